The second-order valence-electron chi connectivity index (χ2n) is 4.78. The van der Waals surface area contributed by atoms with Gasteiger partial charge in [0.1, 0.15) is 0 Å². The van der Waals surface area contributed by atoms with E-state index in [1.807, 2.05) is 31.2 Å². The fourth-order valence-corrected chi connectivity index (χ4v) is 2.35. The molecule has 1 aliphatic rings. The quantitative estimate of drug-likeness (QED) is 0.883. The predicted molar refractivity (Wildman–Crippen MR) is 73.7 cm³/mol. The van der Waals surface area contributed by atoms with Gasteiger partial charge in [-0.1, -0.05) is 30.2 Å². The third-order valence-electron chi connectivity index (χ3n) is 3.36. The van der Waals surface area contributed by atoms with Gasteiger partial charge in [-0.2, -0.15) is 0 Å². The van der Waals surface area contributed by atoms with E-state index in [2.05, 4.69) is 10.6 Å². The van der Waals surface area contributed by atoms with E-state index >= 15 is 0 Å². The molecule has 0 aromatic heterocycles. The molecule has 0 spiro atoms. The Kier molecular flexibility index (Phi) is 4.61. The number of benzene rings is 1. The van der Waals surface area contributed by atoms with Gasteiger partial charge in [0.15, 0.2) is 0 Å². The van der Waals surface area contributed by atoms with E-state index in [-0.39, 0.29) is 18.0 Å². The predicted octanol–water partition coefficient (Wildman–Crippen LogP) is 2.66. The number of amides is 1. The maximum absolute atomic E-state index is 12.0. The van der Waals surface area contributed by atoms with Crippen LogP contribution in [-0.4, -0.2) is 18.5 Å². The zero-order chi connectivity index (χ0) is 13.0. The van der Waals surface area contributed by atoms with Crippen LogP contribution < -0.4 is 10.6 Å². The summed E-state index contributed by atoms with van der Waals surface area (Å²) in [5.74, 6) is 0.0946. The van der Waals surface area contributed by atoms with E-state index in [0.717, 1.165) is 31.4 Å². The van der Waals surface area contributed by atoms with Crippen LogP contribution in [0, 0.1) is 0 Å². The van der Waals surface area contributed by atoms with Gasteiger partial charge in [0.2, 0.25) is 5.91 Å². The number of hydrogen-bond acceptors (Lipinski definition) is 2. The summed E-state index contributed by atoms with van der Waals surface area (Å²) in [5.41, 5.74) is 1.07. The van der Waals surface area contributed by atoms with Crippen LogP contribution in [0.4, 0.5) is 0 Å². The molecule has 2 N–H and O–H groups in total. The lowest BCUT2D eigenvalue weighted by molar-refractivity contribution is -0.124. The monoisotopic (exact) mass is 266 g/mol. The smallest absolute Gasteiger partial charge is 0.237 e. The topological polar surface area (TPSA) is 41.1 Å². The second-order valence-corrected chi connectivity index (χ2v) is 5.22. The van der Waals surface area contributed by atoms with Gasteiger partial charge in [-0.05, 0) is 44.0 Å². The van der Waals surface area contributed by atoms with Crippen LogP contribution in [0.25, 0.3) is 0 Å². The van der Waals surface area contributed by atoms with Crippen molar-refractivity contribution >= 4 is 17.5 Å². The molecule has 1 saturated heterocycles. The van der Waals surface area contributed by atoms with E-state index in [1.54, 1.807) is 0 Å². The largest absolute Gasteiger partial charge is 0.348 e. The molecule has 2 rings (SSSR count). The summed E-state index contributed by atoms with van der Waals surface area (Å²) >= 11 is 5.85. The summed E-state index contributed by atoms with van der Waals surface area (Å²) < 4.78 is 0. The molecule has 1 aliphatic heterocycles. The summed E-state index contributed by atoms with van der Waals surface area (Å²) in [6.45, 7) is 2.93. The van der Waals surface area contributed by atoms with Gasteiger partial charge in [0, 0.05) is 5.02 Å². The minimum atomic E-state index is -0.0338. The lowest BCUT2D eigenvalue weighted by atomic mass is 10.0. The molecule has 1 aromatic carbocycles. The van der Waals surface area contributed by atoms with Gasteiger partial charge in [0.05, 0.1) is 12.1 Å². The molecule has 1 amide bonds. The molecule has 1 fully saturated rings. The van der Waals surface area contributed by atoms with Crippen molar-refractivity contribution in [3.05, 3.63) is 34.9 Å². The van der Waals surface area contributed by atoms with Crippen molar-refractivity contribution in [1.82, 2.24) is 10.6 Å². The number of piperidine rings is 1. The number of halogens is 1. The molecule has 0 radical (unpaired) electrons. The molecule has 0 saturated carbocycles. The van der Waals surface area contributed by atoms with Gasteiger partial charge in [0.25, 0.3) is 0 Å². The van der Waals surface area contributed by atoms with Crippen LogP contribution in [0.5, 0.6) is 0 Å². The lowest BCUT2D eigenvalue weighted by Gasteiger charge is -2.24. The zero-order valence-corrected chi connectivity index (χ0v) is 11.3. The Hall–Kier alpha value is -1.06. The van der Waals surface area contributed by atoms with Gasteiger partial charge >= 0.3 is 0 Å². The number of nitrogens with one attached hydrogen (secondary N) is 2. The minimum Gasteiger partial charge on any atom is -0.348 e. The molecular formula is C14H19ClN2O. The highest BCUT2D eigenvalue weighted by Crippen LogP contribution is 2.16. The first-order valence-electron chi connectivity index (χ1n) is 6.46. The molecule has 0 bridgehead atoms. The first kappa shape index (κ1) is 13.4. The van der Waals surface area contributed by atoms with E-state index in [9.17, 15) is 4.79 Å². The van der Waals surface area contributed by atoms with Crippen LogP contribution in [0.3, 0.4) is 0 Å². The summed E-state index contributed by atoms with van der Waals surface area (Å²) in [7, 11) is 0. The first-order chi connectivity index (χ1) is 8.66. The Balaban J connectivity index is 1.91. The fourth-order valence-electron chi connectivity index (χ4n) is 2.22. The molecule has 98 valence electrons. The molecule has 0 unspecified atom stereocenters. The average molecular weight is 267 g/mol. The SMILES string of the molecule is C[C@H](NC(=O)[C@H]1CCCCN1)c1ccc(Cl)cc1. The van der Waals surface area contributed by atoms with Crippen molar-refractivity contribution in [3.8, 4) is 0 Å². The van der Waals surface area contributed by atoms with Crippen molar-refractivity contribution in [1.29, 1.82) is 0 Å². The normalized spacial score (nSPS) is 21.3. The number of hydrogen-bond donors (Lipinski definition) is 2. The highest BCUT2D eigenvalue weighted by molar-refractivity contribution is 6.30. The molecule has 2 atom stereocenters. The number of carbonyl (C=O) groups excluding carboxylic acids is 1. The van der Waals surface area contributed by atoms with E-state index in [4.69, 9.17) is 11.6 Å². The maximum Gasteiger partial charge on any atom is 0.237 e. The Morgan fingerprint density at radius 2 is 2.11 bits per heavy atom. The molecule has 0 aliphatic carbocycles. The van der Waals surface area contributed by atoms with E-state index < -0.39 is 0 Å². The highest BCUT2D eigenvalue weighted by atomic mass is 35.5. The Labute approximate surface area is 113 Å². The highest BCUT2D eigenvalue weighted by Gasteiger charge is 2.21. The van der Waals surface area contributed by atoms with Crippen LogP contribution in [-0.2, 0) is 4.79 Å². The van der Waals surface area contributed by atoms with Crippen molar-refractivity contribution in [2.75, 3.05) is 6.54 Å². The average Bonchev–Trinajstić information content (AvgIpc) is 2.40. The van der Waals surface area contributed by atoms with Crippen molar-refractivity contribution in [2.24, 2.45) is 0 Å². The first-order valence-corrected chi connectivity index (χ1v) is 6.84. The van der Waals surface area contributed by atoms with Crippen LogP contribution >= 0.6 is 11.6 Å². The molecule has 1 aromatic rings. The molecule has 4 heteroatoms. The van der Waals surface area contributed by atoms with Gasteiger partial charge < -0.3 is 10.6 Å². The fraction of sp³-hybridized carbons (Fsp3) is 0.500. The summed E-state index contributed by atoms with van der Waals surface area (Å²) in [5, 5.41) is 7.01. The summed E-state index contributed by atoms with van der Waals surface area (Å²) in [6.07, 6.45) is 3.22. The summed E-state index contributed by atoms with van der Waals surface area (Å²) in [4.78, 5) is 12.0. The standard InChI is InChI=1S/C14H19ClN2O/c1-10(11-5-7-12(15)8-6-11)17-14(18)13-4-2-3-9-16-13/h5-8,10,13,16H,2-4,9H2,1H3,(H,17,18)/t10-,13+/m0/s1. The zero-order valence-electron chi connectivity index (χ0n) is 10.6. The Morgan fingerprint density at radius 1 is 1.39 bits per heavy atom. The van der Waals surface area contributed by atoms with Crippen LogP contribution in [0.2, 0.25) is 5.02 Å². The van der Waals surface area contributed by atoms with Gasteiger partial charge in [-0.15, -0.1) is 0 Å². The third kappa shape index (κ3) is 3.47. The van der Waals surface area contributed by atoms with Crippen molar-refractivity contribution < 1.29 is 4.79 Å². The molecule has 18 heavy (non-hydrogen) atoms. The van der Waals surface area contributed by atoms with E-state index in [0.29, 0.717) is 5.02 Å². The maximum atomic E-state index is 12.0. The molecule has 1 heterocycles. The minimum absolute atomic E-state index is 0.0125. The van der Waals surface area contributed by atoms with Gasteiger partial charge in [-0.25, -0.2) is 0 Å². The van der Waals surface area contributed by atoms with Crippen LogP contribution in [0.15, 0.2) is 24.3 Å². The Bertz CT molecular complexity index is 399. The number of carbonyl (C=O) groups is 1. The lowest BCUT2D eigenvalue weighted by Crippen LogP contribution is -2.47. The summed E-state index contributed by atoms with van der Waals surface area (Å²) in [6, 6.07) is 7.56. The molecule has 3 nitrogen and oxygen atoms in total. The third-order valence-corrected chi connectivity index (χ3v) is 3.61. The Morgan fingerprint density at radius 3 is 2.72 bits per heavy atom. The van der Waals surface area contributed by atoms with Gasteiger partial charge in [-0.3, -0.25) is 4.79 Å². The van der Waals surface area contributed by atoms with Crippen molar-refractivity contribution in [3.63, 3.8) is 0 Å². The number of rotatable bonds is 3. The molecular weight excluding hydrogens is 248 g/mol. The second kappa shape index (κ2) is 6.21. The van der Waals surface area contributed by atoms with Crippen LogP contribution in [0.1, 0.15) is 37.8 Å². The van der Waals surface area contributed by atoms with E-state index in [1.165, 1.54) is 0 Å². The van der Waals surface area contributed by atoms with Crippen molar-refractivity contribution in [2.45, 2.75) is 38.3 Å².